The maximum atomic E-state index is 4.93. The molecule has 26 heavy (non-hydrogen) atoms. The Morgan fingerprint density at radius 2 is 1.54 bits per heavy atom. The molecule has 2 saturated heterocycles. The van der Waals surface area contributed by atoms with Crippen molar-refractivity contribution in [3.05, 3.63) is 22.8 Å². The Kier molecular flexibility index (Phi) is 4.40. The summed E-state index contributed by atoms with van der Waals surface area (Å²) in [6, 6.07) is 2.05. The molecule has 2 aliphatic heterocycles. The zero-order chi connectivity index (χ0) is 17.3. The van der Waals surface area contributed by atoms with E-state index in [-0.39, 0.29) is 0 Å². The molecule has 2 aromatic rings. The van der Waals surface area contributed by atoms with E-state index in [2.05, 4.69) is 25.8 Å². The molecule has 138 valence electrons. The van der Waals surface area contributed by atoms with E-state index in [1.807, 2.05) is 17.5 Å². The summed E-state index contributed by atoms with van der Waals surface area (Å²) in [5.41, 5.74) is 1.37. The SMILES string of the molecule is c1cc(N2CCN(c3nc4c(s3)CCCC4)CC2)nc(N2CCCC2)n1. The fraction of sp³-hybridized carbons (Fsp3) is 0.632. The largest absolute Gasteiger partial charge is 0.353 e. The molecule has 0 saturated carbocycles. The van der Waals surface area contributed by atoms with Gasteiger partial charge in [0.2, 0.25) is 5.95 Å². The van der Waals surface area contributed by atoms with E-state index < -0.39 is 0 Å². The highest BCUT2D eigenvalue weighted by molar-refractivity contribution is 7.15. The van der Waals surface area contributed by atoms with Crippen molar-refractivity contribution in [2.24, 2.45) is 0 Å². The molecular weight excluding hydrogens is 344 g/mol. The zero-order valence-electron chi connectivity index (χ0n) is 15.2. The fourth-order valence-electron chi connectivity index (χ4n) is 4.19. The Labute approximate surface area is 158 Å². The number of aromatic nitrogens is 3. The standard InChI is InChI=1S/C19H26N6S/c1-2-6-16-15(5-1)21-19(26-16)25-13-11-23(12-14-25)17-7-8-20-18(22-17)24-9-3-4-10-24/h7-8H,1-6,9-14H2. The number of hydrogen-bond donors (Lipinski definition) is 0. The molecule has 2 aromatic heterocycles. The van der Waals surface area contributed by atoms with Gasteiger partial charge < -0.3 is 14.7 Å². The highest BCUT2D eigenvalue weighted by Crippen LogP contribution is 2.32. The monoisotopic (exact) mass is 370 g/mol. The third-order valence-electron chi connectivity index (χ3n) is 5.73. The van der Waals surface area contributed by atoms with E-state index in [1.54, 1.807) is 0 Å². The summed E-state index contributed by atoms with van der Waals surface area (Å²) < 4.78 is 0. The van der Waals surface area contributed by atoms with Crippen LogP contribution in [0.25, 0.3) is 0 Å². The number of anilines is 3. The molecular formula is C19H26N6S. The average molecular weight is 371 g/mol. The molecule has 2 fully saturated rings. The van der Waals surface area contributed by atoms with Gasteiger partial charge in [-0.25, -0.2) is 9.97 Å². The molecule has 0 radical (unpaired) electrons. The normalized spacial score (nSPS) is 20.5. The molecule has 0 aromatic carbocycles. The lowest BCUT2D eigenvalue weighted by molar-refractivity contribution is 0.641. The van der Waals surface area contributed by atoms with Crippen LogP contribution in [-0.4, -0.2) is 54.2 Å². The van der Waals surface area contributed by atoms with Gasteiger partial charge in [-0.3, -0.25) is 0 Å². The third-order valence-corrected chi connectivity index (χ3v) is 6.94. The van der Waals surface area contributed by atoms with Crippen LogP contribution in [0.1, 0.15) is 36.3 Å². The molecule has 1 aliphatic carbocycles. The van der Waals surface area contributed by atoms with Crippen molar-refractivity contribution in [1.29, 1.82) is 0 Å². The number of thiazole rings is 1. The van der Waals surface area contributed by atoms with Crippen LogP contribution in [0.5, 0.6) is 0 Å². The van der Waals surface area contributed by atoms with Crippen LogP contribution in [0.3, 0.4) is 0 Å². The van der Waals surface area contributed by atoms with Gasteiger partial charge in [-0.2, -0.15) is 4.98 Å². The molecule has 4 heterocycles. The van der Waals surface area contributed by atoms with Gasteiger partial charge in [0.05, 0.1) is 5.69 Å². The second-order valence-electron chi connectivity index (χ2n) is 7.46. The Bertz CT molecular complexity index is 738. The highest BCUT2D eigenvalue weighted by Gasteiger charge is 2.24. The summed E-state index contributed by atoms with van der Waals surface area (Å²) in [5, 5.41) is 1.23. The fourth-order valence-corrected chi connectivity index (χ4v) is 5.39. The van der Waals surface area contributed by atoms with Crippen molar-refractivity contribution >= 4 is 28.2 Å². The average Bonchev–Trinajstić information content (AvgIpc) is 3.38. The van der Waals surface area contributed by atoms with Gasteiger partial charge in [0, 0.05) is 50.3 Å². The van der Waals surface area contributed by atoms with Gasteiger partial charge in [-0.1, -0.05) is 0 Å². The Morgan fingerprint density at radius 3 is 2.35 bits per heavy atom. The molecule has 0 atom stereocenters. The van der Waals surface area contributed by atoms with Crippen LogP contribution in [0, 0.1) is 0 Å². The van der Waals surface area contributed by atoms with E-state index in [0.717, 1.165) is 51.0 Å². The molecule has 0 amide bonds. The Morgan fingerprint density at radius 1 is 0.769 bits per heavy atom. The van der Waals surface area contributed by atoms with Gasteiger partial charge in [0.1, 0.15) is 5.82 Å². The maximum Gasteiger partial charge on any atom is 0.227 e. The van der Waals surface area contributed by atoms with Crippen LogP contribution in [0.15, 0.2) is 12.3 Å². The minimum atomic E-state index is 0.898. The topological polar surface area (TPSA) is 48.4 Å². The second kappa shape index (κ2) is 7.02. The molecule has 7 heteroatoms. The molecule has 5 rings (SSSR count). The summed E-state index contributed by atoms with van der Waals surface area (Å²) in [6.07, 6.45) is 9.46. The summed E-state index contributed by atoms with van der Waals surface area (Å²) in [5.74, 6) is 1.97. The quantitative estimate of drug-likeness (QED) is 0.828. The molecule has 0 N–H and O–H groups in total. The van der Waals surface area contributed by atoms with Crippen molar-refractivity contribution in [2.75, 3.05) is 54.0 Å². The van der Waals surface area contributed by atoms with Crippen LogP contribution < -0.4 is 14.7 Å². The summed E-state index contributed by atoms with van der Waals surface area (Å²) in [4.78, 5) is 22.9. The van der Waals surface area contributed by atoms with E-state index in [4.69, 9.17) is 9.97 Å². The van der Waals surface area contributed by atoms with Crippen molar-refractivity contribution in [1.82, 2.24) is 15.0 Å². The van der Waals surface area contributed by atoms with Crippen LogP contribution in [0.2, 0.25) is 0 Å². The van der Waals surface area contributed by atoms with Crippen molar-refractivity contribution in [3.63, 3.8) is 0 Å². The van der Waals surface area contributed by atoms with Crippen LogP contribution in [0.4, 0.5) is 16.9 Å². The predicted octanol–water partition coefficient (Wildman–Crippen LogP) is 2.74. The number of nitrogens with zero attached hydrogens (tertiary/aromatic N) is 6. The first-order valence-corrected chi connectivity index (χ1v) is 10.7. The predicted molar refractivity (Wildman–Crippen MR) is 107 cm³/mol. The summed E-state index contributed by atoms with van der Waals surface area (Å²) >= 11 is 1.92. The first kappa shape index (κ1) is 16.3. The second-order valence-corrected chi connectivity index (χ2v) is 8.52. The number of rotatable bonds is 3. The van der Waals surface area contributed by atoms with Crippen molar-refractivity contribution < 1.29 is 0 Å². The highest BCUT2D eigenvalue weighted by atomic mass is 32.1. The Balaban J connectivity index is 1.25. The summed E-state index contributed by atoms with van der Waals surface area (Å²) in [6.45, 7) is 6.23. The molecule has 6 nitrogen and oxygen atoms in total. The van der Waals surface area contributed by atoms with Crippen LogP contribution in [-0.2, 0) is 12.8 Å². The lowest BCUT2D eigenvalue weighted by Gasteiger charge is -2.35. The van der Waals surface area contributed by atoms with Gasteiger partial charge in [0.25, 0.3) is 0 Å². The first-order valence-electron chi connectivity index (χ1n) is 9.93. The maximum absolute atomic E-state index is 4.93. The van der Waals surface area contributed by atoms with E-state index in [0.29, 0.717) is 0 Å². The minimum Gasteiger partial charge on any atom is -0.353 e. The van der Waals surface area contributed by atoms with Gasteiger partial charge in [0.15, 0.2) is 5.13 Å². The number of aryl methyl sites for hydroxylation is 2. The van der Waals surface area contributed by atoms with Gasteiger partial charge >= 0.3 is 0 Å². The number of hydrogen-bond acceptors (Lipinski definition) is 7. The van der Waals surface area contributed by atoms with E-state index >= 15 is 0 Å². The van der Waals surface area contributed by atoms with Crippen molar-refractivity contribution in [2.45, 2.75) is 38.5 Å². The molecule has 3 aliphatic rings. The minimum absolute atomic E-state index is 0.898. The van der Waals surface area contributed by atoms with E-state index in [1.165, 1.54) is 54.2 Å². The van der Waals surface area contributed by atoms with Crippen LogP contribution >= 0.6 is 11.3 Å². The van der Waals surface area contributed by atoms with E-state index in [9.17, 15) is 0 Å². The summed E-state index contributed by atoms with van der Waals surface area (Å²) in [7, 11) is 0. The Hall–Kier alpha value is -1.89. The number of piperazine rings is 1. The van der Waals surface area contributed by atoms with Crippen molar-refractivity contribution in [3.8, 4) is 0 Å². The molecule has 0 bridgehead atoms. The smallest absolute Gasteiger partial charge is 0.227 e. The zero-order valence-corrected chi connectivity index (χ0v) is 16.0. The van der Waals surface area contributed by atoms with Gasteiger partial charge in [-0.15, -0.1) is 11.3 Å². The number of fused-ring (bicyclic) bond motifs is 1. The lowest BCUT2D eigenvalue weighted by atomic mass is 10.0. The lowest BCUT2D eigenvalue weighted by Crippen LogP contribution is -2.47. The molecule has 0 unspecified atom stereocenters. The first-order chi connectivity index (χ1) is 12.9. The third kappa shape index (κ3) is 3.13. The van der Waals surface area contributed by atoms with Gasteiger partial charge in [-0.05, 0) is 44.6 Å². The molecule has 0 spiro atoms.